The number of ether oxygens (including phenoxy) is 1. The van der Waals surface area contributed by atoms with Crippen molar-refractivity contribution in [1.29, 1.82) is 0 Å². The van der Waals surface area contributed by atoms with Gasteiger partial charge in [-0.3, -0.25) is 4.90 Å². The summed E-state index contributed by atoms with van der Waals surface area (Å²) in [7, 11) is 0. The predicted molar refractivity (Wildman–Crippen MR) is 50.5 cm³/mol. The van der Waals surface area contributed by atoms with Crippen LogP contribution in [0.25, 0.3) is 0 Å². The summed E-state index contributed by atoms with van der Waals surface area (Å²) >= 11 is 8.46. The standard InChI is InChI=1S/C6H13NOS2.Na/c1-3-7(4-2)5-8-6(9)10;/h3-5H2,1-2H3,(H,9,10);/q;+1. The first-order valence-corrected chi connectivity index (χ1v) is 4.14. The summed E-state index contributed by atoms with van der Waals surface area (Å²) in [6.45, 7) is 6.66. The fourth-order valence-electron chi connectivity index (χ4n) is 0.553. The van der Waals surface area contributed by atoms with E-state index in [4.69, 9.17) is 4.74 Å². The zero-order chi connectivity index (χ0) is 7.98. The van der Waals surface area contributed by atoms with Crippen molar-refractivity contribution >= 4 is 29.2 Å². The molecule has 2 nitrogen and oxygen atoms in total. The molecule has 0 heterocycles. The minimum atomic E-state index is 0. The Morgan fingerprint density at radius 3 is 2.18 bits per heavy atom. The van der Waals surface area contributed by atoms with Crippen LogP contribution in [-0.4, -0.2) is 29.1 Å². The molecule has 60 valence electrons. The van der Waals surface area contributed by atoms with E-state index in [-0.39, 0.29) is 29.6 Å². The molecule has 0 saturated heterocycles. The van der Waals surface area contributed by atoms with E-state index in [1.54, 1.807) is 0 Å². The molecule has 0 unspecified atom stereocenters. The van der Waals surface area contributed by atoms with Crippen molar-refractivity contribution < 1.29 is 34.3 Å². The topological polar surface area (TPSA) is 12.5 Å². The summed E-state index contributed by atoms with van der Waals surface area (Å²) in [6, 6.07) is 0. The van der Waals surface area contributed by atoms with Gasteiger partial charge in [-0.2, -0.15) is 0 Å². The minimum absolute atomic E-state index is 0. The van der Waals surface area contributed by atoms with E-state index in [2.05, 4.69) is 43.6 Å². The molecule has 0 atom stereocenters. The second-order valence-electron chi connectivity index (χ2n) is 1.84. The average Bonchev–Trinajstić information content (AvgIpc) is 1.90. The van der Waals surface area contributed by atoms with Crippen LogP contribution in [0.5, 0.6) is 0 Å². The van der Waals surface area contributed by atoms with E-state index in [9.17, 15) is 0 Å². The molecule has 0 aromatic rings. The number of thiocarbonyl (C=S) groups is 1. The Morgan fingerprint density at radius 2 is 1.91 bits per heavy atom. The molecule has 5 heteroatoms. The number of thiol groups is 1. The maximum absolute atomic E-state index is 5.01. The van der Waals surface area contributed by atoms with Crippen molar-refractivity contribution in [2.75, 3.05) is 19.8 Å². The smallest absolute Gasteiger partial charge is 0.463 e. The van der Waals surface area contributed by atoms with E-state index in [1.165, 1.54) is 0 Å². The number of nitrogens with zero attached hydrogens (tertiary/aromatic N) is 1. The van der Waals surface area contributed by atoms with E-state index in [0.29, 0.717) is 11.1 Å². The molecule has 0 N–H and O–H groups in total. The van der Waals surface area contributed by atoms with Crippen LogP contribution in [0.15, 0.2) is 0 Å². The summed E-state index contributed by atoms with van der Waals surface area (Å²) < 4.78 is 5.32. The zero-order valence-electron chi connectivity index (χ0n) is 7.33. The Hall–Kier alpha value is 1.20. The first kappa shape index (κ1) is 14.7. The van der Waals surface area contributed by atoms with Crippen LogP contribution in [-0.2, 0) is 4.74 Å². The molecule has 11 heavy (non-hydrogen) atoms. The van der Waals surface area contributed by atoms with Crippen molar-refractivity contribution in [2.24, 2.45) is 0 Å². The molecule has 0 aliphatic carbocycles. The SMILES string of the molecule is CCN(CC)COC(=S)S.[Na+]. The summed E-state index contributed by atoms with van der Waals surface area (Å²) in [5.41, 5.74) is 0. The van der Waals surface area contributed by atoms with E-state index < -0.39 is 0 Å². The number of rotatable bonds is 4. The monoisotopic (exact) mass is 202 g/mol. The van der Waals surface area contributed by atoms with Gasteiger partial charge < -0.3 is 4.74 Å². The molecular weight excluding hydrogens is 189 g/mol. The second-order valence-corrected chi connectivity index (χ2v) is 2.92. The summed E-state index contributed by atoms with van der Waals surface area (Å²) in [6.07, 6.45) is 0. The van der Waals surface area contributed by atoms with Gasteiger partial charge in [0.05, 0.1) is 0 Å². The van der Waals surface area contributed by atoms with Gasteiger partial charge >= 0.3 is 29.6 Å². The van der Waals surface area contributed by atoms with Crippen molar-refractivity contribution in [1.82, 2.24) is 4.90 Å². The van der Waals surface area contributed by atoms with Crippen molar-refractivity contribution in [3.8, 4) is 0 Å². The van der Waals surface area contributed by atoms with Gasteiger partial charge in [0.15, 0.2) is 0 Å². The number of hydrogen-bond donors (Lipinski definition) is 1. The molecule has 0 aromatic heterocycles. The van der Waals surface area contributed by atoms with Gasteiger partial charge in [0.25, 0.3) is 0 Å². The molecule has 0 rings (SSSR count). The molecule has 0 aliphatic heterocycles. The van der Waals surface area contributed by atoms with Gasteiger partial charge in [0, 0.05) is 0 Å². The van der Waals surface area contributed by atoms with Crippen LogP contribution in [0.4, 0.5) is 0 Å². The van der Waals surface area contributed by atoms with Crippen LogP contribution in [0, 0.1) is 0 Å². The summed E-state index contributed by atoms with van der Waals surface area (Å²) in [4.78, 5) is 2.11. The molecule has 0 radical (unpaired) electrons. The normalized spacial score (nSPS) is 9.09. The maximum atomic E-state index is 5.01. The summed E-state index contributed by atoms with van der Waals surface area (Å²) in [5.74, 6) is 0. The molecule has 0 bridgehead atoms. The molecule has 0 aromatic carbocycles. The van der Waals surface area contributed by atoms with Crippen LogP contribution in [0.2, 0.25) is 0 Å². The summed E-state index contributed by atoms with van der Waals surface area (Å²) in [5, 5.41) is 0. The van der Waals surface area contributed by atoms with Gasteiger partial charge in [-0.1, -0.05) is 26.5 Å². The maximum Gasteiger partial charge on any atom is 1.00 e. The largest absolute Gasteiger partial charge is 1.00 e. The minimum Gasteiger partial charge on any atom is -0.463 e. The Labute approximate surface area is 101 Å². The molecule has 0 aliphatic rings. The Kier molecular flexibility index (Phi) is 12.4. The Morgan fingerprint density at radius 1 is 1.45 bits per heavy atom. The van der Waals surface area contributed by atoms with E-state index in [0.717, 1.165) is 13.1 Å². The van der Waals surface area contributed by atoms with Crippen LogP contribution in [0.1, 0.15) is 13.8 Å². The fraction of sp³-hybridized carbons (Fsp3) is 0.833. The van der Waals surface area contributed by atoms with Crippen molar-refractivity contribution in [2.45, 2.75) is 13.8 Å². The molecular formula is C6H13NNaOS2+. The third-order valence-electron chi connectivity index (χ3n) is 1.27. The third kappa shape index (κ3) is 9.11. The van der Waals surface area contributed by atoms with Gasteiger partial charge in [0.1, 0.15) is 6.73 Å². The second kappa shape index (κ2) is 9.29. The average molecular weight is 202 g/mol. The molecule has 0 spiro atoms. The van der Waals surface area contributed by atoms with Crippen LogP contribution < -0.4 is 29.6 Å². The van der Waals surface area contributed by atoms with Crippen LogP contribution >= 0.6 is 24.8 Å². The van der Waals surface area contributed by atoms with Gasteiger partial charge in [-0.25, -0.2) is 0 Å². The Balaban J connectivity index is 0. The van der Waals surface area contributed by atoms with Crippen molar-refractivity contribution in [3.05, 3.63) is 0 Å². The van der Waals surface area contributed by atoms with Crippen molar-refractivity contribution in [3.63, 3.8) is 0 Å². The Bertz CT molecular complexity index is 109. The number of hydrogen-bond acceptors (Lipinski definition) is 3. The third-order valence-corrected chi connectivity index (χ3v) is 1.51. The molecule has 0 saturated carbocycles. The van der Waals surface area contributed by atoms with Gasteiger partial charge in [0.2, 0.25) is 4.38 Å². The zero-order valence-corrected chi connectivity index (χ0v) is 11.0. The van der Waals surface area contributed by atoms with E-state index >= 15 is 0 Å². The van der Waals surface area contributed by atoms with E-state index in [1.807, 2.05) is 0 Å². The predicted octanol–water partition coefficient (Wildman–Crippen LogP) is -1.48. The van der Waals surface area contributed by atoms with Crippen LogP contribution in [0.3, 0.4) is 0 Å². The molecule has 0 amide bonds. The quantitative estimate of drug-likeness (QED) is 0.259. The fourth-order valence-corrected chi connectivity index (χ4v) is 0.663. The van der Waals surface area contributed by atoms with Gasteiger partial charge in [-0.05, 0) is 25.3 Å². The first-order valence-electron chi connectivity index (χ1n) is 3.28. The van der Waals surface area contributed by atoms with Gasteiger partial charge in [-0.15, -0.1) is 0 Å². The first-order chi connectivity index (χ1) is 4.70. The molecule has 0 fully saturated rings.